The van der Waals surface area contributed by atoms with Gasteiger partial charge in [0.25, 0.3) is 17.5 Å². The second kappa shape index (κ2) is 6.22. The predicted octanol–water partition coefficient (Wildman–Crippen LogP) is 2.66. The highest BCUT2D eigenvalue weighted by atomic mass is 32.2. The Kier molecular flexibility index (Phi) is 3.95. The van der Waals surface area contributed by atoms with Gasteiger partial charge in [0.05, 0.1) is 16.1 Å². The molecule has 4 rings (SSSR count). The molecule has 0 aromatic heterocycles. The third-order valence-corrected chi connectivity index (χ3v) is 5.40. The van der Waals surface area contributed by atoms with E-state index in [1.807, 2.05) is 0 Å². The van der Waals surface area contributed by atoms with Crippen LogP contribution in [-0.2, 0) is 14.4 Å². The molecule has 0 atom stereocenters. The molecule has 3 aromatic carbocycles. The Hall–Kier alpha value is -3.63. The van der Waals surface area contributed by atoms with E-state index in [1.54, 1.807) is 24.3 Å². The number of amides is 2. The van der Waals surface area contributed by atoms with Gasteiger partial charge in [0, 0.05) is 17.5 Å². The fourth-order valence-corrected chi connectivity index (χ4v) is 3.90. The quantitative estimate of drug-likeness (QED) is 0.376. The molecule has 0 radical (unpaired) electrons. The first-order valence-electron chi connectivity index (χ1n) is 7.89. The predicted molar refractivity (Wildman–Crippen MR) is 95.8 cm³/mol. The van der Waals surface area contributed by atoms with Crippen molar-refractivity contribution in [3.63, 3.8) is 0 Å². The van der Waals surface area contributed by atoms with E-state index >= 15 is 0 Å². The van der Waals surface area contributed by atoms with E-state index in [-0.39, 0.29) is 16.2 Å². The van der Waals surface area contributed by atoms with Crippen LogP contribution in [-0.4, -0.2) is 30.2 Å². The number of nitro groups is 1. The van der Waals surface area contributed by atoms with Gasteiger partial charge in [-0.15, -0.1) is 9.35 Å². The zero-order valence-electron chi connectivity index (χ0n) is 13.9. The van der Waals surface area contributed by atoms with E-state index < -0.39 is 37.4 Å². The average Bonchev–Trinajstić information content (AvgIpc) is 2.69. The molecule has 0 aliphatic carbocycles. The molecule has 140 valence electrons. The van der Waals surface area contributed by atoms with Crippen LogP contribution in [0.15, 0.2) is 65.6 Å². The molecule has 0 unspecified atom stereocenters. The van der Waals surface area contributed by atoms with Crippen molar-refractivity contribution in [3.05, 3.63) is 81.9 Å². The molecule has 0 bridgehead atoms. The van der Waals surface area contributed by atoms with E-state index in [1.165, 1.54) is 12.1 Å². The van der Waals surface area contributed by atoms with Crippen LogP contribution < -0.4 is 0 Å². The first kappa shape index (κ1) is 17.8. The molecule has 0 saturated carbocycles. The van der Waals surface area contributed by atoms with Crippen LogP contribution in [0.4, 0.5) is 5.69 Å². The number of hydroxylamine groups is 2. The lowest BCUT2D eigenvalue weighted by Crippen LogP contribution is -2.41. The van der Waals surface area contributed by atoms with Crippen LogP contribution in [0.3, 0.4) is 0 Å². The smallest absolute Gasteiger partial charge is 0.266 e. The third-order valence-electron chi connectivity index (χ3n) is 4.22. The number of carbonyl (C=O) groups is 2. The van der Waals surface area contributed by atoms with Crippen molar-refractivity contribution >= 4 is 38.4 Å². The van der Waals surface area contributed by atoms with Gasteiger partial charge in [-0.25, -0.2) is 0 Å². The summed E-state index contributed by atoms with van der Waals surface area (Å²) in [7, 11) is -4.67. The lowest BCUT2D eigenvalue weighted by Gasteiger charge is -2.25. The third kappa shape index (κ3) is 2.71. The Bertz CT molecular complexity index is 1230. The number of nitrogens with zero attached hydrogens (tertiary/aromatic N) is 2. The lowest BCUT2D eigenvalue weighted by atomic mass is 9.95. The fraction of sp³-hybridized carbons (Fsp3) is 0. The Morgan fingerprint density at radius 2 is 1.46 bits per heavy atom. The maximum atomic E-state index is 12.7. The highest BCUT2D eigenvalue weighted by Gasteiger charge is 2.37. The minimum atomic E-state index is -4.67. The van der Waals surface area contributed by atoms with Crippen LogP contribution >= 0.6 is 0 Å². The Morgan fingerprint density at radius 1 is 0.893 bits per heavy atom. The number of hydrogen-bond donors (Lipinski definition) is 0. The van der Waals surface area contributed by atoms with E-state index in [9.17, 15) is 28.1 Å². The van der Waals surface area contributed by atoms with E-state index in [2.05, 4.69) is 0 Å². The largest absolute Gasteiger partial charge is 0.318 e. The van der Waals surface area contributed by atoms with Crippen molar-refractivity contribution in [1.82, 2.24) is 5.06 Å². The molecule has 0 fully saturated rings. The summed E-state index contributed by atoms with van der Waals surface area (Å²) >= 11 is 0. The molecule has 0 N–H and O–H groups in total. The Balaban J connectivity index is 1.77. The van der Waals surface area contributed by atoms with Gasteiger partial charge >= 0.3 is 10.1 Å². The van der Waals surface area contributed by atoms with Gasteiger partial charge in [-0.1, -0.05) is 30.3 Å². The minimum Gasteiger partial charge on any atom is -0.266 e. The second-order valence-electron chi connectivity index (χ2n) is 5.90. The summed E-state index contributed by atoms with van der Waals surface area (Å²) in [5, 5.41) is 12.1. The van der Waals surface area contributed by atoms with Crippen molar-refractivity contribution in [2.24, 2.45) is 0 Å². The summed E-state index contributed by atoms with van der Waals surface area (Å²) in [6.07, 6.45) is 0. The summed E-state index contributed by atoms with van der Waals surface area (Å²) in [5.41, 5.74) is -0.250. The molecule has 2 amide bonds. The van der Waals surface area contributed by atoms with Crippen LogP contribution in [0.5, 0.6) is 0 Å². The summed E-state index contributed by atoms with van der Waals surface area (Å²) in [4.78, 5) is 35.0. The minimum absolute atomic E-state index is 0.113. The van der Waals surface area contributed by atoms with Gasteiger partial charge in [-0.2, -0.15) is 8.42 Å². The molecule has 10 heteroatoms. The van der Waals surface area contributed by atoms with Gasteiger partial charge in [-0.05, 0) is 23.6 Å². The zero-order valence-corrected chi connectivity index (χ0v) is 14.8. The molecule has 0 saturated heterocycles. The molecule has 1 aliphatic rings. The number of non-ortho nitro benzene ring substituents is 1. The summed E-state index contributed by atoms with van der Waals surface area (Å²) in [6.45, 7) is 0. The van der Waals surface area contributed by atoms with E-state index in [0.717, 1.165) is 24.3 Å². The number of carbonyl (C=O) groups excluding carboxylic acids is 2. The van der Waals surface area contributed by atoms with Crippen molar-refractivity contribution in [3.8, 4) is 0 Å². The molecule has 0 spiro atoms. The van der Waals surface area contributed by atoms with Crippen LogP contribution in [0.25, 0.3) is 10.8 Å². The molecular formula is C18H10N2O7S. The fourth-order valence-electron chi connectivity index (χ4n) is 2.97. The van der Waals surface area contributed by atoms with Gasteiger partial charge in [0.15, 0.2) is 0 Å². The standard InChI is InChI=1S/C18H10N2O7S/c21-17-14-8-1-4-11-5-2-9-15(16(11)14)18(22)19(17)27-28(25,26)13-7-3-6-12(10-13)20(23)24/h1-10H. The molecule has 1 heterocycles. The van der Waals surface area contributed by atoms with Gasteiger partial charge in [0.1, 0.15) is 4.90 Å². The molecular weight excluding hydrogens is 388 g/mol. The molecule has 9 nitrogen and oxygen atoms in total. The highest BCUT2D eigenvalue weighted by Crippen LogP contribution is 2.31. The highest BCUT2D eigenvalue weighted by molar-refractivity contribution is 7.86. The zero-order chi connectivity index (χ0) is 20.1. The first-order valence-corrected chi connectivity index (χ1v) is 9.30. The van der Waals surface area contributed by atoms with Crippen molar-refractivity contribution in [2.45, 2.75) is 4.90 Å². The van der Waals surface area contributed by atoms with E-state index in [0.29, 0.717) is 10.8 Å². The number of rotatable bonds is 4. The normalized spacial score (nSPS) is 13.8. The average molecular weight is 398 g/mol. The number of nitro benzene ring substituents is 1. The van der Waals surface area contributed by atoms with Crippen LogP contribution in [0.1, 0.15) is 20.7 Å². The summed E-state index contributed by atoms with van der Waals surface area (Å²) < 4.78 is 29.9. The van der Waals surface area contributed by atoms with Gasteiger partial charge < -0.3 is 0 Å². The number of hydrogen-bond acceptors (Lipinski definition) is 7. The molecule has 3 aromatic rings. The summed E-state index contributed by atoms with van der Waals surface area (Å²) in [6, 6.07) is 13.7. The maximum Gasteiger partial charge on any atom is 0.318 e. The van der Waals surface area contributed by atoms with Gasteiger partial charge in [0.2, 0.25) is 0 Å². The topological polar surface area (TPSA) is 124 Å². The SMILES string of the molecule is O=C1c2cccc3cccc(c23)C(=O)N1OS(=O)(=O)c1cccc([N+](=O)[O-])c1. The Morgan fingerprint density at radius 3 is 2.04 bits per heavy atom. The van der Waals surface area contributed by atoms with E-state index in [4.69, 9.17) is 4.28 Å². The summed E-state index contributed by atoms with van der Waals surface area (Å²) in [5.74, 6) is -1.88. The van der Waals surface area contributed by atoms with Crippen molar-refractivity contribution < 1.29 is 27.2 Å². The van der Waals surface area contributed by atoms with Crippen molar-refractivity contribution in [1.29, 1.82) is 0 Å². The first-order chi connectivity index (χ1) is 13.3. The monoisotopic (exact) mass is 398 g/mol. The second-order valence-corrected chi connectivity index (χ2v) is 7.43. The lowest BCUT2D eigenvalue weighted by molar-refractivity contribution is -0.385. The number of imide groups is 1. The van der Waals surface area contributed by atoms with Crippen LogP contribution in [0, 0.1) is 10.1 Å². The Labute approximate surface area is 158 Å². The van der Waals surface area contributed by atoms with Gasteiger partial charge in [-0.3, -0.25) is 19.7 Å². The molecule has 28 heavy (non-hydrogen) atoms. The molecule has 1 aliphatic heterocycles. The number of benzene rings is 3. The van der Waals surface area contributed by atoms with Crippen LogP contribution in [0.2, 0.25) is 0 Å². The maximum absolute atomic E-state index is 12.7. The van der Waals surface area contributed by atoms with Crippen molar-refractivity contribution in [2.75, 3.05) is 0 Å².